The van der Waals surface area contributed by atoms with Gasteiger partial charge in [0.1, 0.15) is 6.04 Å². The summed E-state index contributed by atoms with van der Waals surface area (Å²) in [4.78, 5) is 29.0. The minimum Gasteiger partial charge on any atom is -0.341 e. The number of fused-ring (bicyclic) bond motifs is 2. The van der Waals surface area contributed by atoms with E-state index in [1.165, 1.54) is 16.4 Å². The predicted molar refractivity (Wildman–Crippen MR) is 165 cm³/mol. The molecule has 10 heteroatoms. The Morgan fingerprint density at radius 1 is 0.927 bits per heavy atom. The summed E-state index contributed by atoms with van der Waals surface area (Å²) >= 11 is 0. The lowest BCUT2D eigenvalue weighted by atomic mass is 9.99. The molecule has 0 unspecified atom stereocenters. The molecule has 8 nitrogen and oxygen atoms in total. The number of carbonyl (C=O) groups excluding carboxylic acids is 2. The molecule has 0 aromatic heterocycles. The third-order valence-corrected chi connectivity index (χ3v) is 9.21. The van der Waals surface area contributed by atoms with Gasteiger partial charge < -0.3 is 15.5 Å². The quantitative estimate of drug-likeness (QED) is 0.331. The van der Waals surface area contributed by atoms with Crippen molar-refractivity contribution in [3.05, 3.63) is 102 Å². The zero-order valence-corrected chi connectivity index (χ0v) is 24.7. The molecule has 41 heavy (non-hydrogen) atoms. The van der Waals surface area contributed by atoms with Gasteiger partial charge in [-0.15, -0.1) is 12.4 Å². The van der Waals surface area contributed by atoms with Crippen LogP contribution in [0.3, 0.4) is 0 Å². The van der Waals surface area contributed by atoms with E-state index in [1.54, 1.807) is 61.3 Å². The first-order valence-corrected chi connectivity index (χ1v) is 14.6. The second kappa shape index (κ2) is 12.3. The van der Waals surface area contributed by atoms with E-state index in [4.69, 9.17) is 0 Å². The lowest BCUT2D eigenvalue weighted by Crippen LogP contribution is -2.55. The molecule has 214 valence electrons. The largest absolute Gasteiger partial charge is 0.341 e. The molecule has 2 atom stereocenters. The van der Waals surface area contributed by atoms with E-state index in [9.17, 15) is 18.0 Å². The Morgan fingerprint density at radius 2 is 1.56 bits per heavy atom. The number of hydrogen-bond donors (Lipinski definition) is 2. The van der Waals surface area contributed by atoms with Crippen LogP contribution >= 0.6 is 12.4 Å². The Balaban J connectivity index is 0.00000387. The Morgan fingerprint density at radius 3 is 2.27 bits per heavy atom. The monoisotopic (exact) mass is 592 g/mol. The van der Waals surface area contributed by atoms with Crippen LogP contribution in [0.25, 0.3) is 10.8 Å². The van der Waals surface area contributed by atoms with Crippen LogP contribution in [0.5, 0.6) is 0 Å². The molecule has 4 aromatic carbocycles. The smallest absolute Gasteiger partial charge is 0.264 e. The summed E-state index contributed by atoms with van der Waals surface area (Å²) in [5, 5.41) is 7.75. The summed E-state index contributed by atoms with van der Waals surface area (Å²) in [7, 11) is -2.42. The lowest BCUT2D eigenvalue weighted by molar-refractivity contribution is -0.128. The molecule has 0 saturated heterocycles. The number of anilines is 2. The highest BCUT2D eigenvalue weighted by Crippen LogP contribution is 2.38. The van der Waals surface area contributed by atoms with Gasteiger partial charge in [0.05, 0.1) is 35.4 Å². The fourth-order valence-electron chi connectivity index (χ4n) is 5.01. The normalized spacial score (nSPS) is 16.0. The zero-order chi connectivity index (χ0) is 28.4. The van der Waals surface area contributed by atoms with E-state index in [1.807, 2.05) is 43.3 Å². The van der Waals surface area contributed by atoms with Crippen molar-refractivity contribution in [1.82, 2.24) is 10.6 Å². The maximum absolute atomic E-state index is 14.3. The first-order chi connectivity index (χ1) is 19.2. The Hall–Kier alpha value is -3.92. The Labute approximate surface area is 246 Å². The fraction of sp³-hybridized carbons (Fsp3) is 0.226. The van der Waals surface area contributed by atoms with Crippen LogP contribution in [0.1, 0.15) is 18.1 Å². The first-order valence-electron chi connectivity index (χ1n) is 13.2. The SMILES string of the molecule is CN[C@@H](C)C(=O)N[C@H]1CN(S(=O)(=O)c2ccccc2)c2ccccc2N(Cc2c(C)ccc3ccccc23)C1=O.Cl. The number of halogens is 1. The number of carbonyl (C=O) groups is 2. The third kappa shape index (κ3) is 5.79. The van der Waals surface area contributed by atoms with E-state index in [-0.39, 0.29) is 36.3 Å². The van der Waals surface area contributed by atoms with Gasteiger partial charge in [0.15, 0.2) is 0 Å². The topological polar surface area (TPSA) is 98.8 Å². The van der Waals surface area contributed by atoms with Crippen molar-refractivity contribution < 1.29 is 18.0 Å². The molecule has 1 heterocycles. The fourth-order valence-corrected chi connectivity index (χ4v) is 6.53. The van der Waals surface area contributed by atoms with E-state index < -0.39 is 28.0 Å². The van der Waals surface area contributed by atoms with Gasteiger partial charge in [-0.25, -0.2) is 8.42 Å². The van der Waals surface area contributed by atoms with Crippen molar-refractivity contribution in [3.63, 3.8) is 0 Å². The molecular formula is C31H33ClN4O4S. The second-order valence-electron chi connectivity index (χ2n) is 9.92. The molecule has 0 fully saturated rings. The van der Waals surface area contributed by atoms with Crippen molar-refractivity contribution >= 4 is 56.4 Å². The average Bonchev–Trinajstić information content (AvgIpc) is 3.09. The lowest BCUT2D eigenvalue weighted by Gasteiger charge is -2.27. The van der Waals surface area contributed by atoms with Crippen LogP contribution in [-0.4, -0.2) is 45.9 Å². The summed E-state index contributed by atoms with van der Waals surface area (Å²) in [6.45, 7) is 3.63. The summed E-state index contributed by atoms with van der Waals surface area (Å²) < 4.78 is 29.2. The molecule has 0 radical (unpaired) electrons. The number of sulfonamides is 1. The van der Waals surface area contributed by atoms with Crippen LogP contribution in [0, 0.1) is 6.92 Å². The number of aryl methyl sites for hydroxylation is 1. The highest BCUT2D eigenvalue weighted by atomic mass is 35.5. The number of benzene rings is 4. The molecule has 2 N–H and O–H groups in total. The summed E-state index contributed by atoms with van der Waals surface area (Å²) in [6.07, 6.45) is 0. The molecule has 0 saturated carbocycles. The third-order valence-electron chi connectivity index (χ3n) is 7.42. The van der Waals surface area contributed by atoms with Crippen LogP contribution < -0.4 is 19.8 Å². The number of para-hydroxylation sites is 2. The number of nitrogens with one attached hydrogen (secondary N) is 2. The Kier molecular flexibility index (Phi) is 9.01. The van der Waals surface area contributed by atoms with Gasteiger partial charge >= 0.3 is 0 Å². The van der Waals surface area contributed by atoms with Gasteiger partial charge in [0.2, 0.25) is 5.91 Å². The molecule has 1 aliphatic heterocycles. The zero-order valence-electron chi connectivity index (χ0n) is 23.1. The molecular weight excluding hydrogens is 560 g/mol. The second-order valence-corrected chi connectivity index (χ2v) is 11.8. The number of likely N-dealkylation sites (N-methyl/N-ethyl adjacent to an activating group) is 1. The van der Waals surface area contributed by atoms with Gasteiger partial charge in [-0.1, -0.05) is 66.7 Å². The van der Waals surface area contributed by atoms with Gasteiger partial charge in [-0.05, 0) is 67.1 Å². The van der Waals surface area contributed by atoms with E-state index in [0.717, 1.165) is 21.9 Å². The molecule has 0 spiro atoms. The van der Waals surface area contributed by atoms with Crippen LogP contribution in [0.4, 0.5) is 11.4 Å². The Bertz CT molecular complexity index is 1680. The molecule has 5 rings (SSSR count). The number of rotatable bonds is 7. The van der Waals surface area contributed by atoms with Crippen molar-refractivity contribution in [2.45, 2.75) is 37.4 Å². The van der Waals surface area contributed by atoms with Crippen LogP contribution in [0.15, 0.2) is 95.9 Å². The van der Waals surface area contributed by atoms with Crippen molar-refractivity contribution in [2.24, 2.45) is 0 Å². The standard InChI is InChI=1S/C31H32N4O4S.ClH/c1-21-17-18-23-11-7-8-14-25(23)26(21)19-34-28-15-9-10-16-29(28)35(40(38,39)24-12-5-4-6-13-24)20-27(31(34)37)33-30(36)22(2)32-3;/h4-18,22,27,32H,19-20H2,1-3H3,(H,33,36);1H/t22-,27-;/m0./s1. The van der Waals surface area contributed by atoms with E-state index >= 15 is 0 Å². The highest BCUT2D eigenvalue weighted by molar-refractivity contribution is 7.92. The van der Waals surface area contributed by atoms with Crippen LogP contribution in [-0.2, 0) is 26.2 Å². The van der Waals surface area contributed by atoms with E-state index in [2.05, 4.69) is 10.6 Å². The van der Waals surface area contributed by atoms with Gasteiger partial charge in [0, 0.05) is 0 Å². The van der Waals surface area contributed by atoms with Gasteiger partial charge in [-0.2, -0.15) is 0 Å². The van der Waals surface area contributed by atoms with Crippen molar-refractivity contribution in [1.29, 1.82) is 0 Å². The molecule has 1 aliphatic rings. The van der Waals surface area contributed by atoms with Crippen molar-refractivity contribution in [3.8, 4) is 0 Å². The van der Waals surface area contributed by atoms with Gasteiger partial charge in [-0.3, -0.25) is 13.9 Å². The summed E-state index contributed by atoms with van der Waals surface area (Å²) in [5.41, 5.74) is 2.79. The highest BCUT2D eigenvalue weighted by Gasteiger charge is 2.40. The first kappa shape index (κ1) is 30.0. The average molecular weight is 593 g/mol. The summed E-state index contributed by atoms with van der Waals surface area (Å²) in [5.74, 6) is -0.785. The summed E-state index contributed by atoms with van der Waals surface area (Å²) in [6, 6.07) is 25.4. The van der Waals surface area contributed by atoms with E-state index in [0.29, 0.717) is 11.4 Å². The number of nitrogens with zero attached hydrogens (tertiary/aromatic N) is 2. The van der Waals surface area contributed by atoms with Gasteiger partial charge in [0.25, 0.3) is 15.9 Å². The molecule has 4 aromatic rings. The number of hydrogen-bond acceptors (Lipinski definition) is 5. The molecule has 2 amide bonds. The minimum atomic E-state index is -4.07. The molecule has 0 bridgehead atoms. The van der Waals surface area contributed by atoms with Crippen LogP contribution in [0.2, 0.25) is 0 Å². The minimum absolute atomic E-state index is 0. The van der Waals surface area contributed by atoms with Crippen molar-refractivity contribution in [2.75, 3.05) is 22.8 Å². The predicted octanol–water partition coefficient (Wildman–Crippen LogP) is 4.40. The molecule has 0 aliphatic carbocycles. The maximum atomic E-state index is 14.3. The maximum Gasteiger partial charge on any atom is 0.264 e. The number of amides is 2.